The number of ether oxygens (including phenoxy) is 2. The molecule has 1 aromatic heterocycles. The number of hydrogen-bond acceptors (Lipinski definition) is 5. The van der Waals surface area contributed by atoms with Crippen molar-refractivity contribution in [2.75, 3.05) is 34.9 Å². The van der Waals surface area contributed by atoms with Gasteiger partial charge in [0.25, 0.3) is 0 Å². The van der Waals surface area contributed by atoms with Crippen LogP contribution in [0.15, 0.2) is 35.7 Å². The highest BCUT2D eigenvalue weighted by Crippen LogP contribution is 2.25. The number of hydrogen-bond donors (Lipinski definition) is 1. The number of rotatable bonds is 9. The van der Waals surface area contributed by atoms with Gasteiger partial charge in [0.15, 0.2) is 0 Å². The van der Waals surface area contributed by atoms with Crippen molar-refractivity contribution in [1.82, 2.24) is 10.2 Å². The highest BCUT2D eigenvalue weighted by atomic mass is 32.1. The first-order valence-electron chi connectivity index (χ1n) is 8.22. The summed E-state index contributed by atoms with van der Waals surface area (Å²) < 4.78 is 10.6. The molecular weight excluding hydrogens is 336 g/mol. The second kappa shape index (κ2) is 9.44. The maximum atomic E-state index is 12.3. The topological polar surface area (TPSA) is 50.8 Å². The van der Waals surface area contributed by atoms with Gasteiger partial charge in [-0.05, 0) is 55.7 Å². The molecule has 1 N–H and O–H groups in total. The van der Waals surface area contributed by atoms with E-state index in [0.29, 0.717) is 19.4 Å². The molecule has 0 spiro atoms. The van der Waals surface area contributed by atoms with E-state index in [4.69, 9.17) is 9.47 Å². The fourth-order valence-electron chi connectivity index (χ4n) is 2.64. The van der Waals surface area contributed by atoms with Crippen molar-refractivity contribution < 1.29 is 14.3 Å². The molecule has 1 aromatic carbocycles. The lowest BCUT2D eigenvalue weighted by Crippen LogP contribution is -2.34. The van der Waals surface area contributed by atoms with Gasteiger partial charge >= 0.3 is 0 Å². The van der Waals surface area contributed by atoms with Gasteiger partial charge in [0.2, 0.25) is 5.91 Å². The standard InChI is InChI=1S/C19H26N2O3S/c1-21(2)16(18-6-5-11-25-18)13-20-19(22)10-7-14-12-15(23-3)8-9-17(14)24-4/h5-6,8-9,11-12,16H,7,10,13H2,1-4H3,(H,20,22). The number of carbonyl (C=O) groups is 1. The van der Waals surface area contributed by atoms with E-state index >= 15 is 0 Å². The third-order valence-corrected chi connectivity index (χ3v) is 5.07. The first-order valence-corrected chi connectivity index (χ1v) is 9.10. The molecule has 1 amide bonds. The molecule has 0 aliphatic carbocycles. The van der Waals surface area contributed by atoms with Crippen molar-refractivity contribution >= 4 is 17.2 Å². The molecule has 5 nitrogen and oxygen atoms in total. The number of amides is 1. The fraction of sp³-hybridized carbons (Fsp3) is 0.421. The number of aryl methyl sites for hydroxylation is 1. The number of thiophene rings is 1. The van der Waals surface area contributed by atoms with Gasteiger partial charge in [0.05, 0.1) is 20.3 Å². The Hall–Kier alpha value is -2.05. The lowest BCUT2D eigenvalue weighted by molar-refractivity contribution is -0.121. The highest BCUT2D eigenvalue weighted by molar-refractivity contribution is 7.10. The van der Waals surface area contributed by atoms with Gasteiger partial charge < -0.3 is 19.7 Å². The highest BCUT2D eigenvalue weighted by Gasteiger charge is 2.16. The molecule has 1 heterocycles. The summed E-state index contributed by atoms with van der Waals surface area (Å²) in [6.45, 7) is 0.599. The summed E-state index contributed by atoms with van der Waals surface area (Å²) >= 11 is 1.71. The average molecular weight is 362 g/mol. The van der Waals surface area contributed by atoms with Crippen LogP contribution in [-0.2, 0) is 11.2 Å². The largest absolute Gasteiger partial charge is 0.497 e. The Labute approximate surface area is 153 Å². The zero-order chi connectivity index (χ0) is 18.2. The van der Waals surface area contributed by atoms with Gasteiger partial charge in [-0.25, -0.2) is 0 Å². The average Bonchev–Trinajstić information content (AvgIpc) is 3.13. The number of nitrogens with zero attached hydrogens (tertiary/aromatic N) is 1. The van der Waals surface area contributed by atoms with Gasteiger partial charge in [-0.1, -0.05) is 6.07 Å². The molecule has 0 saturated heterocycles. The molecule has 1 unspecified atom stereocenters. The van der Waals surface area contributed by atoms with Crippen LogP contribution in [0, 0.1) is 0 Å². The molecule has 0 aliphatic heterocycles. The second-order valence-electron chi connectivity index (χ2n) is 5.98. The molecule has 0 aliphatic rings. The van der Waals surface area contributed by atoms with Gasteiger partial charge in [0, 0.05) is 17.8 Å². The molecule has 0 bridgehead atoms. The molecule has 25 heavy (non-hydrogen) atoms. The molecule has 1 atom stereocenters. The molecule has 136 valence electrons. The van der Waals surface area contributed by atoms with Crippen molar-refractivity contribution in [2.45, 2.75) is 18.9 Å². The first-order chi connectivity index (χ1) is 12.0. The summed E-state index contributed by atoms with van der Waals surface area (Å²) in [5.41, 5.74) is 0.972. The van der Waals surface area contributed by atoms with Crippen LogP contribution in [0.5, 0.6) is 11.5 Å². The molecular formula is C19H26N2O3S. The Morgan fingerprint density at radius 3 is 2.64 bits per heavy atom. The lowest BCUT2D eigenvalue weighted by Gasteiger charge is -2.23. The first kappa shape index (κ1) is 19.3. The normalized spacial score (nSPS) is 12.0. The van der Waals surface area contributed by atoms with E-state index in [0.717, 1.165) is 17.1 Å². The van der Waals surface area contributed by atoms with Crippen LogP contribution in [-0.4, -0.2) is 45.7 Å². The van der Waals surface area contributed by atoms with E-state index in [1.54, 1.807) is 25.6 Å². The predicted molar refractivity (Wildman–Crippen MR) is 102 cm³/mol. The molecule has 0 radical (unpaired) electrons. The quantitative estimate of drug-likeness (QED) is 0.745. The van der Waals surface area contributed by atoms with Crippen molar-refractivity contribution in [3.63, 3.8) is 0 Å². The minimum absolute atomic E-state index is 0.0354. The lowest BCUT2D eigenvalue weighted by atomic mass is 10.1. The zero-order valence-electron chi connectivity index (χ0n) is 15.2. The SMILES string of the molecule is COc1ccc(OC)c(CCC(=O)NCC(c2cccs2)N(C)C)c1. The van der Waals surface area contributed by atoms with Gasteiger partial charge in [-0.2, -0.15) is 0 Å². The van der Waals surface area contributed by atoms with Gasteiger partial charge in [-0.3, -0.25) is 4.79 Å². The van der Waals surface area contributed by atoms with Crippen LogP contribution in [0.2, 0.25) is 0 Å². The van der Waals surface area contributed by atoms with E-state index in [9.17, 15) is 4.79 Å². The Balaban J connectivity index is 1.90. The second-order valence-corrected chi connectivity index (χ2v) is 6.96. The van der Waals surface area contributed by atoms with E-state index in [1.165, 1.54) is 4.88 Å². The smallest absolute Gasteiger partial charge is 0.220 e. The number of carbonyl (C=O) groups excluding carboxylic acids is 1. The summed E-state index contributed by atoms with van der Waals surface area (Å²) in [4.78, 5) is 15.6. The van der Waals surface area contributed by atoms with Crippen molar-refractivity contribution in [3.05, 3.63) is 46.2 Å². The van der Waals surface area contributed by atoms with Gasteiger partial charge in [0.1, 0.15) is 11.5 Å². The third kappa shape index (κ3) is 5.47. The van der Waals surface area contributed by atoms with Crippen LogP contribution in [0.25, 0.3) is 0 Å². The predicted octanol–water partition coefficient (Wildman–Crippen LogP) is 3.12. The zero-order valence-corrected chi connectivity index (χ0v) is 16.1. The summed E-state index contributed by atoms with van der Waals surface area (Å²) in [5, 5.41) is 5.10. The van der Waals surface area contributed by atoms with Crippen LogP contribution >= 0.6 is 11.3 Å². The van der Waals surface area contributed by atoms with Crippen LogP contribution in [0.4, 0.5) is 0 Å². The number of likely N-dealkylation sites (N-methyl/N-ethyl adjacent to an activating group) is 1. The van der Waals surface area contributed by atoms with E-state index in [2.05, 4.69) is 21.7 Å². The summed E-state index contributed by atoms with van der Waals surface area (Å²) in [7, 11) is 7.31. The minimum Gasteiger partial charge on any atom is -0.497 e. The number of nitrogens with one attached hydrogen (secondary N) is 1. The Morgan fingerprint density at radius 1 is 1.24 bits per heavy atom. The van der Waals surface area contributed by atoms with Crippen molar-refractivity contribution in [1.29, 1.82) is 0 Å². The van der Waals surface area contributed by atoms with Gasteiger partial charge in [-0.15, -0.1) is 11.3 Å². The maximum Gasteiger partial charge on any atom is 0.220 e. The van der Waals surface area contributed by atoms with Crippen molar-refractivity contribution in [2.24, 2.45) is 0 Å². The number of methoxy groups -OCH3 is 2. The monoisotopic (exact) mass is 362 g/mol. The minimum atomic E-state index is 0.0354. The molecule has 2 aromatic rings. The molecule has 6 heteroatoms. The van der Waals surface area contributed by atoms with E-state index < -0.39 is 0 Å². The molecule has 0 saturated carbocycles. The Bertz CT molecular complexity index is 671. The van der Waals surface area contributed by atoms with Crippen LogP contribution in [0.1, 0.15) is 22.9 Å². The third-order valence-electron chi connectivity index (χ3n) is 4.10. The van der Waals surface area contributed by atoms with Crippen molar-refractivity contribution in [3.8, 4) is 11.5 Å². The Morgan fingerprint density at radius 2 is 2.04 bits per heavy atom. The fourth-order valence-corrected chi connectivity index (χ4v) is 3.57. The maximum absolute atomic E-state index is 12.3. The van der Waals surface area contributed by atoms with E-state index in [-0.39, 0.29) is 11.9 Å². The summed E-state index contributed by atoms with van der Waals surface area (Å²) in [6.07, 6.45) is 1.02. The van der Waals surface area contributed by atoms with Crippen LogP contribution < -0.4 is 14.8 Å². The summed E-state index contributed by atoms with van der Waals surface area (Å²) in [5.74, 6) is 1.58. The molecule has 0 fully saturated rings. The van der Waals surface area contributed by atoms with E-state index in [1.807, 2.05) is 38.4 Å². The number of benzene rings is 1. The summed E-state index contributed by atoms with van der Waals surface area (Å²) in [6, 6.07) is 9.96. The van der Waals surface area contributed by atoms with Crippen LogP contribution in [0.3, 0.4) is 0 Å². The Kier molecular flexibility index (Phi) is 7.28. The molecule has 2 rings (SSSR count).